The highest BCUT2D eigenvalue weighted by Gasteiger charge is 2.24. The van der Waals surface area contributed by atoms with Gasteiger partial charge in [-0.2, -0.15) is 0 Å². The second-order valence-corrected chi connectivity index (χ2v) is 8.50. The van der Waals surface area contributed by atoms with Gasteiger partial charge >= 0.3 is 12.0 Å². The van der Waals surface area contributed by atoms with E-state index in [0.717, 1.165) is 48.2 Å². The molecular formula is C25H32N2O4. The number of amides is 2. The topological polar surface area (TPSA) is 78.9 Å². The van der Waals surface area contributed by atoms with Gasteiger partial charge in [-0.05, 0) is 86.8 Å². The van der Waals surface area contributed by atoms with Crippen LogP contribution in [0.2, 0.25) is 0 Å². The van der Waals surface area contributed by atoms with Crippen molar-refractivity contribution >= 4 is 23.4 Å². The summed E-state index contributed by atoms with van der Waals surface area (Å²) < 4.78 is 5.24. The smallest absolute Gasteiger partial charge is 0.329 e. The molecule has 1 aliphatic rings. The highest BCUT2D eigenvalue weighted by atomic mass is 16.5. The number of ether oxygens (including phenoxy) is 1. The Hall–Kier alpha value is -2.86. The van der Waals surface area contributed by atoms with E-state index in [1.54, 1.807) is 4.90 Å². The van der Waals surface area contributed by atoms with E-state index in [9.17, 15) is 9.59 Å². The molecule has 2 amide bonds. The van der Waals surface area contributed by atoms with Crippen molar-refractivity contribution in [3.8, 4) is 0 Å². The Bertz CT molecular complexity index is 845. The van der Waals surface area contributed by atoms with Gasteiger partial charge in [-0.15, -0.1) is 0 Å². The zero-order valence-corrected chi connectivity index (χ0v) is 18.3. The highest BCUT2D eigenvalue weighted by molar-refractivity contribution is 5.99. The van der Waals surface area contributed by atoms with Gasteiger partial charge in [-0.1, -0.05) is 24.3 Å². The lowest BCUT2D eigenvalue weighted by molar-refractivity contribution is -0.142. The maximum Gasteiger partial charge on any atom is 0.329 e. The van der Waals surface area contributed by atoms with E-state index in [0.29, 0.717) is 25.0 Å². The molecule has 166 valence electrons. The van der Waals surface area contributed by atoms with E-state index >= 15 is 0 Å². The molecule has 0 atom stereocenters. The van der Waals surface area contributed by atoms with Crippen LogP contribution in [0.15, 0.2) is 48.5 Å². The third-order valence-corrected chi connectivity index (χ3v) is 5.81. The fourth-order valence-corrected chi connectivity index (χ4v) is 4.14. The van der Waals surface area contributed by atoms with Crippen LogP contribution in [0.3, 0.4) is 0 Å². The molecule has 1 fully saturated rings. The Labute approximate surface area is 184 Å². The fourth-order valence-electron chi connectivity index (χ4n) is 4.14. The summed E-state index contributed by atoms with van der Waals surface area (Å²) in [6, 6.07) is 15.8. The Kier molecular flexibility index (Phi) is 8.06. The van der Waals surface area contributed by atoms with Crippen LogP contribution in [-0.4, -0.2) is 36.9 Å². The van der Waals surface area contributed by atoms with Crippen LogP contribution in [0.1, 0.15) is 36.8 Å². The number of carbonyl (C=O) groups excluding carboxylic acids is 1. The molecule has 6 nitrogen and oxygen atoms in total. The number of carboxylic acid groups (broad SMARTS) is 1. The van der Waals surface area contributed by atoms with Gasteiger partial charge in [0.1, 0.15) is 6.61 Å². The Balaban J connectivity index is 1.58. The van der Waals surface area contributed by atoms with Crippen LogP contribution in [0, 0.1) is 25.7 Å². The molecule has 0 bridgehead atoms. The Morgan fingerprint density at radius 1 is 0.968 bits per heavy atom. The third-order valence-electron chi connectivity index (χ3n) is 5.81. The molecule has 0 saturated heterocycles. The number of carboxylic acids is 1. The molecule has 0 heterocycles. The molecule has 0 spiro atoms. The molecule has 0 aliphatic heterocycles. The summed E-state index contributed by atoms with van der Waals surface area (Å²) >= 11 is 0. The predicted octanol–water partition coefficient (Wildman–Crippen LogP) is 5.06. The number of nitrogens with one attached hydrogen (secondary N) is 1. The summed E-state index contributed by atoms with van der Waals surface area (Å²) in [7, 11) is 0. The number of hydrogen-bond donors (Lipinski definition) is 2. The van der Waals surface area contributed by atoms with Crippen molar-refractivity contribution in [2.75, 3.05) is 24.7 Å². The number of benzene rings is 2. The van der Waals surface area contributed by atoms with Crippen LogP contribution >= 0.6 is 0 Å². The van der Waals surface area contributed by atoms with E-state index in [2.05, 4.69) is 5.32 Å². The van der Waals surface area contributed by atoms with E-state index in [1.165, 1.54) is 0 Å². The second-order valence-electron chi connectivity index (χ2n) is 8.50. The molecule has 1 saturated carbocycles. The number of urea groups is 1. The van der Waals surface area contributed by atoms with Crippen LogP contribution in [0.5, 0.6) is 0 Å². The average molecular weight is 425 g/mol. The van der Waals surface area contributed by atoms with Gasteiger partial charge in [0.15, 0.2) is 0 Å². The lowest BCUT2D eigenvalue weighted by atomic mass is 9.82. The number of carbonyl (C=O) groups is 2. The number of aliphatic carboxylic acids is 1. The molecule has 0 radical (unpaired) electrons. The zero-order valence-electron chi connectivity index (χ0n) is 18.3. The van der Waals surface area contributed by atoms with Gasteiger partial charge in [0.2, 0.25) is 0 Å². The van der Waals surface area contributed by atoms with Gasteiger partial charge in [0.05, 0.1) is 18.0 Å². The zero-order chi connectivity index (χ0) is 22.2. The van der Waals surface area contributed by atoms with E-state index < -0.39 is 5.97 Å². The Morgan fingerprint density at radius 3 is 2.03 bits per heavy atom. The lowest BCUT2D eigenvalue weighted by Gasteiger charge is -2.30. The van der Waals surface area contributed by atoms with Crippen molar-refractivity contribution < 1.29 is 19.4 Å². The number of rotatable bonds is 8. The van der Waals surface area contributed by atoms with Gasteiger partial charge in [-0.25, -0.2) is 9.59 Å². The van der Waals surface area contributed by atoms with E-state index in [-0.39, 0.29) is 12.6 Å². The molecule has 2 N–H and O–H groups in total. The van der Waals surface area contributed by atoms with Crippen molar-refractivity contribution in [3.05, 3.63) is 59.7 Å². The normalized spacial score (nSPS) is 18.4. The van der Waals surface area contributed by atoms with Gasteiger partial charge in [-0.3, -0.25) is 4.90 Å². The first kappa shape index (κ1) is 22.8. The number of aryl methyl sites for hydroxylation is 2. The summed E-state index contributed by atoms with van der Waals surface area (Å²) in [5.41, 5.74) is 3.91. The summed E-state index contributed by atoms with van der Waals surface area (Å²) in [5, 5.41) is 11.8. The number of nitrogens with zero attached hydrogens (tertiary/aromatic N) is 1. The van der Waals surface area contributed by atoms with Crippen LogP contribution < -0.4 is 10.2 Å². The minimum absolute atomic E-state index is 0.122. The maximum atomic E-state index is 13.2. The monoisotopic (exact) mass is 424 g/mol. The third kappa shape index (κ3) is 6.82. The molecule has 31 heavy (non-hydrogen) atoms. The largest absolute Gasteiger partial charge is 0.480 e. The van der Waals surface area contributed by atoms with Crippen LogP contribution in [0.25, 0.3) is 0 Å². The lowest BCUT2D eigenvalue weighted by Crippen LogP contribution is -2.40. The second kappa shape index (κ2) is 11.0. The van der Waals surface area contributed by atoms with Crippen LogP contribution in [-0.2, 0) is 9.53 Å². The summed E-state index contributed by atoms with van der Waals surface area (Å²) in [6.07, 6.45) is 4.02. The molecule has 2 aromatic carbocycles. The van der Waals surface area contributed by atoms with Gasteiger partial charge in [0, 0.05) is 6.54 Å². The molecule has 0 aromatic heterocycles. The average Bonchev–Trinajstić information content (AvgIpc) is 2.73. The van der Waals surface area contributed by atoms with Crippen molar-refractivity contribution in [1.29, 1.82) is 0 Å². The molecular weight excluding hydrogens is 392 g/mol. The quantitative estimate of drug-likeness (QED) is 0.621. The highest BCUT2D eigenvalue weighted by Crippen LogP contribution is 2.30. The first-order valence-corrected chi connectivity index (χ1v) is 10.9. The molecule has 6 heteroatoms. The van der Waals surface area contributed by atoms with E-state index in [4.69, 9.17) is 9.84 Å². The summed E-state index contributed by atoms with van der Waals surface area (Å²) in [6.45, 7) is 4.95. The maximum absolute atomic E-state index is 13.2. The standard InChI is InChI=1S/C25H32N2O4/c1-18-5-3-7-22(13-18)27(23-8-4-6-19(2)14-23)25(30)26-15-20-9-11-21(12-10-20)16-31-17-24(28)29/h3-8,13-14,20-21H,9-12,15-17H2,1-2H3,(H,26,30)(H,28,29). The summed E-state index contributed by atoms with van der Waals surface area (Å²) in [5.74, 6) is -0.0953. The SMILES string of the molecule is Cc1cccc(N(C(=O)NCC2CCC(COCC(=O)O)CC2)c2cccc(C)c2)c1. The summed E-state index contributed by atoms with van der Waals surface area (Å²) in [4.78, 5) is 25.5. The number of hydrogen-bond acceptors (Lipinski definition) is 3. The van der Waals surface area contributed by atoms with Crippen molar-refractivity contribution in [3.63, 3.8) is 0 Å². The van der Waals surface area contributed by atoms with Crippen molar-refractivity contribution in [1.82, 2.24) is 5.32 Å². The van der Waals surface area contributed by atoms with E-state index in [1.807, 2.05) is 62.4 Å². The van der Waals surface area contributed by atoms with Crippen molar-refractivity contribution in [2.45, 2.75) is 39.5 Å². The van der Waals surface area contributed by atoms with Crippen molar-refractivity contribution in [2.24, 2.45) is 11.8 Å². The first-order chi connectivity index (χ1) is 14.9. The van der Waals surface area contributed by atoms with Gasteiger partial charge < -0.3 is 15.2 Å². The first-order valence-electron chi connectivity index (χ1n) is 10.9. The molecule has 3 rings (SSSR count). The molecule has 2 aromatic rings. The minimum atomic E-state index is -0.928. The minimum Gasteiger partial charge on any atom is -0.480 e. The number of anilines is 2. The molecule has 0 unspecified atom stereocenters. The van der Waals surface area contributed by atoms with Gasteiger partial charge in [0.25, 0.3) is 0 Å². The van der Waals surface area contributed by atoms with Crippen LogP contribution in [0.4, 0.5) is 16.2 Å². The fraction of sp³-hybridized carbons (Fsp3) is 0.440. The Morgan fingerprint density at radius 2 is 1.52 bits per heavy atom. The predicted molar refractivity (Wildman–Crippen MR) is 122 cm³/mol. The molecule has 1 aliphatic carbocycles.